The lowest BCUT2D eigenvalue weighted by molar-refractivity contribution is 0.408. The fourth-order valence-electron chi connectivity index (χ4n) is 2.30. The van der Waals surface area contributed by atoms with Crippen LogP contribution in [0.5, 0.6) is 5.75 Å². The molecule has 2 aromatic carbocycles. The first-order chi connectivity index (χ1) is 9.70. The maximum absolute atomic E-state index is 13.7. The zero-order valence-electron chi connectivity index (χ0n) is 11.0. The highest BCUT2D eigenvalue weighted by Crippen LogP contribution is 2.25. The summed E-state index contributed by atoms with van der Waals surface area (Å²) in [6.45, 7) is 0.482. The highest BCUT2D eigenvalue weighted by atomic mass is 19.1. The van der Waals surface area contributed by atoms with E-state index in [0.717, 1.165) is 11.3 Å². The smallest absolute Gasteiger partial charge is 0.201 e. The van der Waals surface area contributed by atoms with E-state index in [1.165, 1.54) is 6.07 Å². The van der Waals surface area contributed by atoms with Gasteiger partial charge in [0.2, 0.25) is 5.95 Å². The molecule has 0 spiro atoms. The van der Waals surface area contributed by atoms with Gasteiger partial charge in [-0.05, 0) is 18.2 Å². The lowest BCUT2D eigenvalue weighted by Crippen LogP contribution is -2.05. The van der Waals surface area contributed by atoms with Gasteiger partial charge in [0.1, 0.15) is 11.3 Å². The van der Waals surface area contributed by atoms with E-state index in [-0.39, 0.29) is 11.8 Å². The third-order valence-corrected chi connectivity index (χ3v) is 3.28. The number of ether oxygens (including phenoxy) is 1. The van der Waals surface area contributed by atoms with Crippen LogP contribution in [-0.2, 0) is 6.54 Å². The molecule has 0 aliphatic rings. The van der Waals surface area contributed by atoms with Crippen LogP contribution in [0.25, 0.3) is 11.0 Å². The molecule has 20 heavy (non-hydrogen) atoms. The van der Waals surface area contributed by atoms with Gasteiger partial charge in [0.25, 0.3) is 0 Å². The minimum absolute atomic E-state index is 0.288. The third kappa shape index (κ3) is 1.97. The minimum Gasteiger partial charge on any atom is -0.496 e. The van der Waals surface area contributed by atoms with E-state index in [0.29, 0.717) is 17.6 Å². The van der Waals surface area contributed by atoms with Crippen molar-refractivity contribution in [3.05, 3.63) is 53.8 Å². The van der Waals surface area contributed by atoms with Crippen molar-refractivity contribution in [1.82, 2.24) is 9.55 Å². The highest BCUT2D eigenvalue weighted by Gasteiger charge is 2.13. The first kappa shape index (κ1) is 12.5. The van der Waals surface area contributed by atoms with Crippen molar-refractivity contribution in [3.8, 4) is 5.75 Å². The average molecular weight is 271 g/mol. The van der Waals surface area contributed by atoms with Crippen LogP contribution in [0.3, 0.4) is 0 Å². The summed E-state index contributed by atoms with van der Waals surface area (Å²) in [5.74, 6) is 0.689. The maximum atomic E-state index is 13.7. The standard InChI is InChI=1S/C15H14FN3O/c1-20-13-8-3-2-5-10(13)9-19-12-7-4-6-11(16)14(12)18-15(19)17/h2-8H,9H2,1H3,(H2,17,18). The summed E-state index contributed by atoms with van der Waals surface area (Å²) in [6, 6.07) is 12.5. The van der Waals surface area contributed by atoms with E-state index in [1.807, 2.05) is 24.3 Å². The first-order valence-corrected chi connectivity index (χ1v) is 6.23. The summed E-state index contributed by atoms with van der Waals surface area (Å²) in [7, 11) is 1.62. The first-order valence-electron chi connectivity index (χ1n) is 6.23. The molecular weight excluding hydrogens is 257 g/mol. The lowest BCUT2D eigenvalue weighted by atomic mass is 10.2. The van der Waals surface area contributed by atoms with E-state index in [2.05, 4.69) is 4.98 Å². The number of aromatic nitrogens is 2. The number of rotatable bonds is 3. The molecule has 0 amide bonds. The zero-order valence-corrected chi connectivity index (χ0v) is 11.0. The quantitative estimate of drug-likeness (QED) is 0.797. The second-order valence-electron chi connectivity index (χ2n) is 4.48. The summed E-state index contributed by atoms with van der Waals surface area (Å²) >= 11 is 0. The number of nitrogen functional groups attached to an aromatic ring is 1. The van der Waals surface area contributed by atoms with Crippen LogP contribution >= 0.6 is 0 Å². The van der Waals surface area contributed by atoms with Crippen molar-refractivity contribution in [1.29, 1.82) is 0 Å². The number of halogens is 1. The van der Waals surface area contributed by atoms with Gasteiger partial charge in [0.05, 0.1) is 19.2 Å². The summed E-state index contributed by atoms with van der Waals surface area (Å²) in [4.78, 5) is 4.09. The van der Waals surface area contributed by atoms with Crippen LogP contribution in [0.1, 0.15) is 5.56 Å². The molecule has 2 N–H and O–H groups in total. The molecule has 3 aromatic rings. The SMILES string of the molecule is COc1ccccc1Cn1c(N)nc2c(F)cccc21. The molecule has 1 aromatic heterocycles. The Balaban J connectivity index is 2.11. The summed E-state index contributed by atoms with van der Waals surface area (Å²) < 4.78 is 20.8. The van der Waals surface area contributed by atoms with E-state index >= 15 is 0 Å². The maximum Gasteiger partial charge on any atom is 0.201 e. The number of benzene rings is 2. The van der Waals surface area contributed by atoms with Crippen LogP contribution in [0.4, 0.5) is 10.3 Å². The van der Waals surface area contributed by atoms with Gasteiger partial charge in [-0.25, -0.2) is 9.37 Å². The Morgan fingerprint density at radius 1 is 1.20 bits per heavy atom. The van der Waals surface area contributed by atoms with Gasteiger partial charge in [0.15, 0.2) is 5.82 Å². The predicted molar refractivity (Wildman–Crippen MR) is 76.2 cm³/mol. The molecule has 0 saturated carbocycles. The molecule has 0 fully saturated rings. The highest BCUT2D eigenvalue weighted by molar-refractivity contribution is 5.79. The Hall–Kier alpha value is -2.56. The number of methoxy groups -OCH3 is 1. The predicted octanol–water partition coefficient (Wildman–Crippen LogP) is 2.81. The van der Waals surface area contributed by atoms with Crippen LogP contribution in [0.2, 0.25) is 0 Å². The van der Waals surface area contributed by atoms with Gasteiger partial charge in [-0.3, -0.25) is 0 Å². The number of imidazole rings is 1. The Bertz CT molecular complexity index is 767. The number of nitrogens with two attached hydrogens (primary N) is 1. The third-order valence-electron chi connectivity index (χ3n) is 3.28. The lowest BCUT2D eigenvalue weighted by Gasteiger charge is -2.10. The van der Waals surface area contributed by atoms with Gasteiger partial charge >= 0.3 is 0 Å². The number of para-hydroxylation sites is 2. The Morgan fingerprint density at radius 3 is 2.80 bits per heavy atom. The van der Waals surface area contributed by atoms with Gasteiger partial charge in [-0.1, -0.05) is 24.3 Å². The molecule has 3 rings (SSSR count). The van der Waals surface area contributed by atoms with E-state index in [4.69, 9.17) is 10.5 Å². The molecule has 0 radical (unpaired) electrons. The minimum atomic E-state index is -0.368. The van der Waals surface area contributed by atoms with Crippen molar-refractivity contribution < 1.29 is 9.13 Å². The summed E-state index contributed by atoms with van der Waals surface area (Å²) in [5, 5.41) is 0. The molecule has 0 atom stereocenters. The number of anilines is 1. The molecule has 102 valence electrons. The van der Waals surface area contributed by atoms with Gasteiger partial charge < -0.3 is 15.0 Å². The Labute approximate surface area is 115 Å². The largest absolute Gasteiger partial charge is 0.496 e. The van der Waals surface area contributed by atoms with Gasteiger partial charge in [-0.15, -0.1) is 0 Å². The zero-order chi connectivity index (χ0) is 14.1. The Kier molecular flexibility index (Phi) is 3.02. The molecular formula is C15H14FN3O. The Morgan fingerprint density at radius 2 is 2.00 bits per heavy atom. The van der Waals surface area contributed by atoms with Crippen molar-refractivity contribution in [2.45, 2.75) is 6.54 Å². The number of hydrogen-bond acceptors (Lipinski definition) is 3. The van der Waals surface area contributed by atoms with Crippen LogP contribution in [0, 0.1) is 5.82 Å². The molecule has 0 aliphatic heterocycles. The van der Waals surface area contributed by atoms with E-state index in [9.17, 15) is 4.39 Å². The second-order valence-corrected chi connectivity index (χ2v) is 4.48. The number of hydrogen-bond donors (Lipinski definition) is 1. The molecule has 4 nitrogen and oxygen atoms in total. The van der Waals surface area contributed by atoms with E-state index in [1.54, 1.807) is 23.8 Å². The molecule has 0 unspecified atom stereocenters. The second kappa shape index (κ2) is 4.85. The van der Waals surface area contributed by atoms with Crippen LogP contribution in [0.15, 0.2) is 42.5 Å². The van der Waals surface area contributed by atoms with Gasteiger partial charge in [0, 0.05) is 5.56 Å². The van der Waals surface area contributed by atoms with Crippen molar-refractivity contribution in [2.24, 2.45) is 0 Å². The topological polar surface area (TPSA) is 53.1 Å². The monoisotopic (exact) mass is 271 g/mol. The van der Waals surface area contributed by atoms with Crippen molar-refractivity contribution in [3.63, 3.8) is 0 Å². The molecule has 0 aliphatic carbocycles. The van der Waals surface area contributed by atoms with Crippen molar-refractivity contribution in [2.75, 3.05) is 12.8 Å². The molecule has 0 saturated heterocycles. The van der Waals surface area contributed by atoms with Gasteiger partial charge in [-0.2, -0.15) is 0 Å². The van der Waals surface area contributed by atoms with Crippen LogP contribution in [-0.4, -0.2) is 16.7 Å². The van der Waals surface area contributed by atoms with Crippen LogP contribution < -0.4 is 10.5 Å². The van der Waals surface area contributed by atoms with E-state index < -0.39 is 0 Å². The molecule has 1 heterocycles. The fourth-order valence-corrected chi connectivity index (χ4v) is 2.30. The summed E-state index contributed by atoms with van der Waals surface area (Å²) in [6.07, 6.45) is 0. The van der Waals surface area contributed by atoms with Crippen molar-refractivity contribution >= 4 is 17.0 Å². The fraction of sp³-hybridized carbons (Fsp3) is 0.133. The number of nitrogens with zero attached hydrogens (tertiary/aromatic N) is 2. The molecule has 0 bridgehead atoms. The average Bonchev–Trinajstić information content (AvgIpc) is 2.78. The normalized spacial score (nSPS) is 10.9. The number of fused-ring (bicyclic) bond motifs is 1. The summed E-state index contributed by atoms with van der Waals surface area (Å²) in [5.41, 5.74) is 7.84. The molecule has 5 heteroatoms.